The normalized spacial score (nSPS) is 10.7. The molecule has 0 fully saturated rings. The Labute approximate surface area is 128 Å². The molecule has 0 nitrogen and oxygen atoms in total. The Morgan fingerprint density at radius 1 is 0.722 bits per heavy atom. The van der Waals surface area contributed by atoms with Crippen LogP contribution in [0.2, 0.25) is 0 Å². The zero-order valence-electron chi connectivity index (χ0n) is 8.79. The molecule has 2 aromatic rings. The van der Waals surface area contributed by atoms with E-state index in [0.29, 0.717) is 8.95 Å². The molecule has 18 heavy (non-hydrogen) atoms. The van der Waals surface area contributed by atoms with Crippen molar-refractivity contribution in [1.82, 2.24) is 0 Å². The summed E-state index contributed by atoms with van der Waals surface area (Å²) in [6.45, 7) is 0. The lowest BCUT2D eigenvalue weighted by Gasteiger charge is -2.03. The number of hydrogen-bond donors (Lipinski definition) is 0. The molecule has 0 bridgehead atoms. The first-order valence-corrected chi connectivity index (χ1v) is 8.54. The minimum Gasteiger partial charge on any atom is -0.206 e. The molecule has 0 amide bonds. The second kappa shape index (κ2) is 6.41. The summed E-state index contributed by atoms with van der Waals surface area (Å²) in [6, 6.07) is 9.66. The van der Waals surface area contributed by atoms with Crippen molar-refractivity contribution in [2.24, 2.45) is 0 Å². The van der Waals surface area contributed by atoms with Gasteiger partial charge in [-0.25, -0.2) is 8.78 Å². The Morgan fingerprint density at radius 3 is 1.44 bits per heavy atom. The molecule has 0 aliphatic rings. The van der Waals surface area contributed by atoms with Crippen LogP contribution in [0.3, 0.4) is 0 Å². The van der Waals surface area contributed by atoms with E-state index in [1.54, 1.807) is 24.3 Å². The van der Waals surface area contributed by atoms with Crippen molar-refractivity contribution in [3.05, 3.63) is 57.0 Å². The average molecular weight is 412 g/mol. The number of benzene rings is 2. The molecule has 0 aliphatic heterocycles. The first-order chi connectivity index (χ1) is 8.56. The minimum absolute atomic E-state index is 0.283. The van der Waals surface area contributed by atoms with Gasteiger partial charge in [-0.15, -0.1) is 0 Å². The monoisotopic (exact) mass is 410 g/mol. The fourth-order valence-electron chi connectivity index (χ4n) is 1.15. The van der Waals surface area contributed by atoms with Crippen molar-refractivity contribution in [1.29, 1.82) is 0 Å². The fraction of sp³-hybridized carbons (Fsp3) is 0. The van der Waals surface area contributed by atoms with E-state index in [1.807, 2.05) is 0 Å². The van der Waals surface area contributed by atoms with Gasteiger partial charge in [0, 0.05) is 9.79 Å². The molecule has 0 radical (unpaired) electrons. The van der Waals surface area contributed by atoms with Crippen molar-refractivity contribution < 1.29 is 8.78 Å². The topological polar surface area (TPSA) is 0 Å². The van der Waals surface area contributed by atoms with Gasteiger partial charge in [-0.2, -0.15) is 0 Å². The van der Waals surface area contributed by atoms with Crippen molar-refractivity contribution in [2.45, 2.75) is 9.79 Å². The molecule has 0 spiro atoms. The van der Waals surface area contributed by atoms with E-state index in [0.717, 1.165) is 9.79 Å². The second-order valence-corrected chi connectivity index (χ2v) is 7.30. The number of rotatable bonds is 3. The predicted molar refractivity (Wildman–Crippen MR) is 79.9 cm³/mol. The lowest BCUT2D eigenvalue weighted by molar-refractivity contribution is 0.619. The Kier molecular flexibility index (Phi) is 5.12. The van der Waals surface area contributed by atoms with Gasteiger partial charge in [0.05, 0.1) is 8.95 Å². The van der Waals surface area contributed by atoms with Gasteiger partial charge in [0.2, 0.25) is 0 Å². The lowest BCUT2D eigenvalue weighted by Crippen LogP contribution is -1.78. The Morgan fingerprint density at radius 2 is 1.11 bits per heavy atom. The third-order valence-electron chi connectivity index (χ3n) is 2.02. The van der Waals surface area contributed by atoms with E-state index >= 15 is 0 Å². The molecule has 6 heteroatoms. The molecule has 0 unspecified atom stereocenters. The SMILES string of the molecule is Fc1ccc(SSc2ccc(F)c(Br)c2)cc1Br. The van der Waals surface area contributed by atoms with Crippen molar-refractivity contribution in [3.63, 3.8) is 0 Å². The van der Waals surface area contributed by atoms with Gasteiger partial charge in [-0.3, -0.25) is 0 Å². The lowest BCUT2D eigenvalue weighted by atomic mass is 10.3. The molecule has 2 rings (SSSR count). The van der Waals surface area contributed by atoms with E-state index in [2.05, 4.69) is 31.9 Å². The van der Waals surface area contributed by atoms with Crippen molar-refractivity contribution in [2.75, 3.05) is 0 Å². The maximum Gasteiger partial charge on any atom is 0.137 e. The highest BCUT2D eigenvalue weighted by atomic mass is 79.9. The van der Waals surface area contributed by atoms with Gasteiger partial charge in [-0.05, 0) is 68.3 Å². The summed E-state index contributed by atoms with van der Waals surface area (Å²) in [6.07, 6.45) is 0. The maximum absolute atomic E-state index is 13.0. The Bertz CT molecular complexity index is 524. The molecule has 94 valence electrons. The summed E-state index contributed by atoms with van der Waals surface area (Å²) in [4.78, 5) is 1.85. The van der Waals surface area contributed by atoms with E-state index in [4.69, 9.17) is 0 Å². The largest absolute Gasteiger partial charge is 0.206 e. The first-order valence-electron chi connectivity index (χ1n) is 4.81. The highest BCUT2D eigenvalue weighted by Gasteiger charge is 2.04. The Hall–Kier alpha value is -0.0400. The van der Waals surface area contributed by atoms with E-state index < -0.39 is 0 Å². The van der Waals surface area contributed by atoms with Gasteiger partial charge < -0.3 is 0 Å². The zero-order chi connectivity index (χ0) is 13.1. The van der Waals surface area contributed by atoms with Gasteiger partial charge >= 0.3 is 0 Å². The van der Waals surface area contributed by atoms with Crippen LogP contribution < -0.4 is 0 Å². The molecule has 0 aliphatic carbocycles. The molecular formula is C12H6Br2F2S2. The van der Waals surface area contributed by atoms with Crippen LogP contribution in [0, 0.1) is 11.6 Å². The van der Waals surface area contributed by atoms with E-state index in [1.165, 1.54) is 33.7 Å². The van der Waals surface area contributed by atoms with Gasteiger partial charge in [-0.1, -0.05) is 21.6 Å². The summed E-state index contributed by atoms with van der Waals surface area (Å²) in [5.74, 6) is -0.567. The highest BCUT2D eigenvalue weighted by molar-refractivity contribution is 9.10. The van der Waals surface area contributed by atoms with Crippen LogP contribution in [0.15, 0.2) is 55.1 Å². The van der Waals surface area contributed by atoms with Crippen molar-refractivity contribution >= 4 is 53.4 Å². The molecule has 0 saturated heterocycles. The predicted octanol–water partition coefficient (Wildman–Crippen LogP) is 6.29. The molecule has 0 atom stereocenters. The first kappa shape index (κ1) is 14.4. The van der Waals surface area contributed by atoms with Crippen LogP contribution in [0.25, 0.3) is 0 Å². The summed E-state index contributed by atoms with van der Waals surface area (Å²) < 4.78 is 27.0. The van der Waals surface area contributed by atoms with Gasteiger partial charge in [0.1, 0.15) is 11.6 Å². The van der Waals surface area contributed by atoms with Crippen LogP contribution in [-0.4, -0.2) is 0 Å². The third-order valence-corrected chi connectivity index (χ3v) is 5.61. The molecule has 0 N–H and O–H groups in total. The maximum atomic E-state index is 13.0. The highest BCUT2D eigenvalue weighted by Crippen LogP contribution is 2.39. The standard InChI is InChI=1S/C12H6Br2F2S2/c13-9-5-7(1-3-11(9)15)17-18-8-2-4-12(16)10(14)6-8/h1-6H. The summed E-state index contributed by atoms with van der Waals surface area (Å²) >= 11 is 6.28. The van der Waals surface area contributed by atoms with E-state index in [9.17, 15) is 8.78 Å². The summed E-state index contributed by atoms with van der Waals surface area (Å²) in [5.41, 5.74) is 0. The van der Waals surface area contributed by atoms with Gasteiger partial charge in [0.15, 0.2) is 0 Å². The molecular weight excluding hydrogens is 406 g/mol. The fourth-order valence-corrected chi connectivity index (χ4v) is 4.19. The van der Waals surface area contributed by atoms with E-state index in [-0.39, 0.29) is 11.6 Å². The number of halogens is 4. The van der Waals surface area contributed by atoms with Crippen molar-refractivity contribution in [3.8, 4) is 0 Å². The molecule has 0 aromatic heterocycles. The molecule has 2 aromatic carbocycles. The summed E-state index contributed by atoms with van der Waals surface area (Å²) in [7, 11) is 2.98. The average Bonchev–Trinajstić information content (AvgIpc) is 2.35. The van der Waals surface area contributed by atoms with Crippen LogP contribution >= 0.6 is 53.4 Å². The molecule has 0 heterocycles. The van der Waals surface area contributed by atoms with Crippen LogP contribution in [0.4, 0.5) is 8.78 Å². The number of hydrogen-bond acceptors (Lipinski definition) is 2. The summed E-state index contributed by atoms with van der Waals surface area (Å²) in [5, 5.41) is 0. The second-order valence-electron chi connectivity index (χ2n) is 3.32. The quantitative estimate of drug-likeness (QED) is 0.544. The van der Waals surface area contributed by atoms with Gasteiger partial charge in [0.25, 0.3) is 0 Å². The smallest absolute Gasteiger partial charge is 0.137 e. The molecule has 0 saturated carbocycles. The van der Waals surface area contributed by atoms with Crippen LogP contribution in [-0.2, 0) is 0 Å². The minimum atomic E-state index is -0.283. The van der Waals surface area contributed by atoms with Crippen LogP contribution in [0.1, 0.15) is 0 Å². The Balaban J connectivity index is 2.06. The third kappa shape index (κ3) is 3.73. The van der Waals surface area contributed by atoms with Crippen LogP contribution in [0.5, 0.6) is 0 Å². The zero-order valence-corrected chi connectivity index (χ0v) is 13.6.